The van der Waals surface area contributed by atoms with Crippen molar-refractivity contribution in [3.8, 4) is 0 Å². The minimum absolute atomic E-state index is 0.00340. The average molecular weight is 676 g/mol. The molecule has 1 aliphatic heterocycles. The number of allylic oxidation sites excluding steroid dienone is 2. The van der Waals surface area contributed by atoms with Gasteiger partial charge < -0.3 is 30.1 Å². The van der Waals surface area contributed by atoms with E-state index >= 15 is 0 Å². The molecule has 4 atom stereocenters. The smallest absolute Gasteiger partial charge is 0.407 e. The summed E-state index contributed by atoms with van der Waals surface area (Å²) in [6.45, 7) is 8.58. The highest BCUT2D eigenvalue weighted by Crippen LogP contribution is 2.22. The SMILES string of the molecule is C=CCC[C@H](Cc1ccccc1)C(=O)OC[C@H](CCCCNC(=O)OCc1ccccc1)NC(=O)[C@H](CC=C)CC(=O)N1CCC[C@H]1CO. The van der Waals surface area contributed by atoms with E-state index in [1.807, 2.05) is 60.7 Å². The predicted molar refractivity (Wildman–Crippen MR) is 189 cm³/mol. The normalized spacial score (nSPS) is 15.8. The van der Waals surface area contributed by atoms with Gasteiger partial charge in [-0.2, -0.15) is 0 Å². The van der Waals surface area contributed by atoms with Crippen LogP contribution in [0, 0.1) is 11.8 Å². The molecule has 3 amide bonds. The Morgan fingerprint density at radius 1 is 0.918 bits per heavy atom. The lowest BCUT2D eigenvalue weighted by atomic mass is 9.95. The highest BCUT2D eigenvalue weighted by atomic mass is 16.5. The second-order valence-electron chi connectivity index (χ2n) is 12.6. The van der Waals surface area contributed by atoms with Crippen LogP contribution in [0.3, 0.4) is 0 Å². The van der Waals surface area contributed by atoms with E-state index in [1.54, 1.807) is 17.1 Å². The van der Waals surface area contributed by atoms with Gasteiger partial charge >= 0.3 is 12.1 Å². The van der Waals surface area contributed by atoms with Crippen molar-refractivity contribution in [2.24, 2.45) is 11.8 Å². The largest absolute Gasteiger partial charge is 0.463 e. The van der Waals surface area contributed by atoms with Crippen LogP contribution in [0.5, 0.6) is 0 Å². The summed E-state index contributed by atoms with van der Waals surface area (Å²) in [5.74, 6) is -1.84. The molecule has 10 heteroatoms. The monoisotopic (exact) mass is 675 g/mol. The van der Waals surface area contributed by atoms with Crippen molar-refractivity contribution in [2.75, 3.05) is 26.3 Å². The molecule has 3 rings (SSSR count). The third-order valence-electron chi connectivity index (χ3n) is 8.76. The topological polar surface area (TPSA) is 134 Å². The van der Waals surface area contributed by atoms with E-state index in [-0.39, 0.29) is 56.0 Å². The number of unbranched alkanes of at least 4 members (excludes halogenated alkanes) is 1. The zero-order chi connectivity index (χ0) is 35.3. The lowest BCUT2D eigenvalue weighted by Gasteiger charge is -2.26. The Labute approximate surface area is 290 Å². The number of carbonyl (C=O) groups excluding carboxylic acids is 4. The highest BCUT2D eigenvalue weighted by Gasteiger charge is 2.32. The summed E-state index contributed by atoms with van der Waals surface area (Å²) in [6.07, 6.45) is 8.28. The van der Waals surface area contributed by atoms with Gasteiger partial charge in [0.25, 0.3) is 0 Å². The minimum atomic E-state index is -0.650. The molecular formula is C39H53N3O7. The number of hydrogen-bond donors (Lipinski definition) is 3. The second kappa shape index (κ2) is 22.2. The van der Waals surface area contributed by atoms with Crippen molar-refractivity contribution in [2.45, 2.75) is 82.9 Å². The fourth-order valence-corrected chi connectivity index (χ4v) is 5.98. The van der Waals surface area contributed by atoms with Crippen LogP contribution in [0.15, 0.2) is 86.0 Å². The van der Waals surface area contributed by atoms with Crippen LogP contribution in [0.2, 0.25) is 0 Å². The summed E-state index contributed by atoms with van der Waals surface area (Å²) in [7, 11) is 0. The number of alkyl carbamates (subject to hydrolysis) is 1. The first-order valence-corrected chi connectivity index (χ1v) is 17.4. The van der Waals surface area contributed by atoms with Crippen LogP contribution in [0.4, 0.5) is 4.79 Å². The molecule has 1 saturated heterocycles. The minimum Gasteiger partial charge on any atom is -0.463 e. The number of benzene rings is 2. The molecular weight excluding hydrogens is 622 g/mol. The highest BCUT2D eigenvalue weighted by molar-refractivity contribution is 5.86. The lowest BCUT2D eigenvalue weighted by molar-refractivity contribution is -0.150. The number of aliphatic hydroxyl groups excluding tert-OH is 1. The van der Waals surface area contributed by atoms with Crippen LogP contribution in [-0.4, -0.2) is 72.3 Å². The van der Waals surface area contributed by atoms with Crippen LogP contribution < -0.4 is 10.6 Å². The fourth-order valence-electron chi connectivity index (χ4n) is 5.98. The molecule has 0 unspecified atom stereocenters. The molecule has 2 aromatic carbocycles. The molecule has 3 N–H and O–H groups in total. The van der Waals surface area contributed by atoms with E-state index in [9.17, 15) is 24.3 Å². The van der Waals surface area contributed by atoms with Gasteiger partial charge in [0.15, 0.2) is 0 Å². The Hall–Kier alpha value is -4.44. The van der Waals surface area contributed by atoms with E-state index in [0.29, 0.717) is 58.0 Å². The molecule has 1 heterocycles. The molecule has 0 saturated carbocycles. The van der Waals surface area contributed by atoms with Gasteiger partial charge in [-0.1, -0.05) is 72.8 Å². The molecule has 0 aromatic heterocycles. The summed E-state index contributed by atoms with van der Waals surface area (Å²) >= 11 is 0. The molecule has 2 aromatic rings. The van der Waals surface area contributed by atoms with Crippen molar-refractivity contribution < 1.29 is 33.8 Å². The standard InChI is InChI=1S/C39H53N3O7/c1-3-5-20-33(25-30-16-8-6-9-17-30)38(46)48-29-34(21-12-13-23-40-39(47)49-28-31-18-10-7-11-19-31)41-37(45)32(15-4-2)26-36(44)42-24-14-22-35(42)27-43/h3-4,6-11,16-19,32-35,43H,1-2,5,12-15,20-29H2,(H,40,47)(H,41,45)/t32-,33-,34+,35+/m1/s1. The van der Waals surface area contributed by atoms with Gasteiger partial charge in [-0.3, -0.25) is 14.4 Å². The van der Waals surface area contributed by atoms with Crippen LogP contribution in [-0.2, 0) is 36.9 Å². The second-order valence-corrected chi connectivity index (χ2v) is 12.6. The molecule has 0 radical (unpaired) electrons. The Morgan fingerprint density at radius 3 is 2.31 bits per heavy atom. The first-order chi connectivity index (χ1) is 23.8. The van der Waals surface area contributed by atoms with Crippen LogP contribution >= 0.6 is 0 Å². The molecule has 0 bridgehead atoms. The Kier molecular flexibility index (Phi) is 17.7. The molecule has 10 nitrogen and oxygen atoms in total. The summed E-state index contributed by atoms with van der Waals surface area (Å²) in [5, 5.41) is 15.5. The summed E-state index contributed by atoms with van der Waals surface area (Å²) < 4.78 is 11.1. The van der Waals surface area contributed by atoms with Crippen molar-refractivity contribution in [3.63, 3.8) is 0 Å². The maximum atomic E-state index is 13.6. The van der Waals surface area contributed by atoms with E-state index in [4.69, 9.17) is 9.47 Å². The van der Waals surface area contributed by atoms with Crippen molar-refractivity contribution >= 4 is 23.9 Å². The van der Waals surface area contributed by atoms with Crippen molar-refractivity contribution in [1.29, 1.82) is 0 Å². The third-order valence-corrected chi connectivity index (χ3v) is 8.76. The zero-order valence-electron chi connectivity index (χ0n) is 28.6. The summed E-state index contributed by atoms with van der Waals surface area (Å²) in [6, 6.07) is 18.5. The van der Waals surface area contributed by atoms with Gasteiger partial charge in [0, 0.05) is 19.5 Å². The van der Waals surface area contributed by atoms with Gasteiger partial charge in [0.05, 0.1) is 30.5 Å². The number of ether oxygens (including phenoxy) is 2. The van der Waals surface area contributed by atoms with Gasteiger partial charge in [-0.05, 0) is 68.9 Å². The number of aliphatic hydroxyl groups is 1. The lowest BCUT2D eigenvalue weighted by Crippen LogP contribution is -2.44. The van der Waals surface area contributed by atoms with E-state index in [1.165, 1.54) is 0 Å². The average Bonchev–Trinajstić information content (AvgIpc) is 3.61. The molecule has 266 valence electrons. The van der Waals surface area contributed by atoms with Crippen LogP contribution in [0.1, 0.15) is 68.9 Å². The first-order valence-electron chi connectivity index (χ1n) is 17.4. The Balaban J connectivity index is 1.59. The maximum absolute atomic E-state index is 13.6. The first kappa shape index (κ1) is 39.0. The van der Waals surface area contributed by atoms with Gasteiger partial charge in [-0.15, -0.1) is 13.2 Å². The van der Waals surface area contributed by atoms with E-state index in [0.717, 1.165) is 24.0 Å². The fraction of sp³-hybridized carbons (Fsp3) is 0.487. The number of likely N-dealkylation sites (tertiary alicyclic amines) is 1. The number of rotatable bonds is 22. The van der Waals surface area contributed by atoms with Crippen molar-refractivity contribution in [3.05, 3.63) is 97.1 Å². The molecule has 1 fully saturated rings. The van der Waals surface area contributed by atoms with Gasteiger partial charge in [0.2, 0.25) is 11.8 Å². The molecule has 1 aliphatic rings. The summed E-state index contributed by atoms with van der Waals surface area (Å²) in [4.78, 5) is 53.8. The quantitative estimate of drug-likeness (QED) is 0.0853. The Morgan fingerprint density at radius 2 is 1.63 bits per heavy atom. The van der Waals surface area contributed by atoms with Crippen LogP contribution in [0.25, 0.3) is 0 Å². The molecule has 0 aliphatic carbocycles. The van der Waals surface area contributed by atoms with Gasteiger partial charge in [-0.25, -0.2) is 4.79 Å². The molecule has 49 heavy (non-hydrogen) atoms. The summed E-state index contributed by atoms with van der Waals surface area (Å²) in [5.41, 5.74) is 1.93. The molecule has 0 spiro atoms. The van der Waals surface area contributed by atoms with E-state index in [2.05, 4.69) is 23.8 Å². The zero-order valence-corrected chi connectivity index (χ0v) is 28.6. The number of carbonyl (C=O) groups is 4. The number of hydrogen-bond acceptors (Lipinski definition) is 7. The van der Waals surface area contributed by atoms with Gasteiger partial charge in [0.1, 0.15) is 13.2 Å². The Bertz CT molecular complexity index is 1320. The van der Waals surface area contributed by atoms with Crippen molar-refractivity contribution in [1.82, 2.24) is 15.5 Å². The number of nitrogens with zero attached hydrogens (tertiary/aromatic N) is 1. The predicted octanol–water partition coefficient (Wildman–Crippen LogP) is 5.50. The number of nitrogens with one attached hydrogen (secondary N) is 2. The third kappa shape index (κ3) is 14.3. The van der Waals surface area contributed by atoms with E-state index < -0.39 is 18.1 Å². The number of esters is 1. The maximum Gasteiger partial charge on any atom is 0.407 e. The number of amides is 3.